The Balaban J connectivity index is 0.00000141. The zero-order valence-corrected chi connectivity index (χ0v) is 21.8. The lowest BCUT2D eigenvalue weighted by molar-refractivity contribution is 0.170. The first-order valence-electron chi connectivity index (χ1n) is 13.1. The smallest absolute Gasteiger partial charge is 0.161 e. The molecule has 0 aliphatic carbocycles. The van der Waals surface area contributed by atoms with E-state index in [1.807, 2.05) is 12.1 Å². The van der Waals surface area contributed by atoms with E-state index in [1.54, 1.807) is 0 Å². The fraction of sp³-hybridized carbons (Fsp3) is 0.571. The molecule has 2 unspecified atom stereocenters. The van der Waals surface area contributed by atoms with Gasteiger partial charge in [0.15, 0.2) is 11.5 Å². The van der Waals surface area contributed by atoms with Crippen LogP contribution in [-0.2, 0) is 13.0 Å². The van der Waals surface area contributed by atoms with Crippen molar-refractivity contribution in [2.45, 2.75) is 50.7 Å². The average Bonchev–Trinajstić information content (AvgIpc) is 3.57. The van der Waals surface area contributed by atoms with Crippen LogP contribution in [0.5, 0.6) is 11.5 Å². The Labute approximate surface area is 215 Å². The van der Waals surface area contributed by atoms with Crippen LogP contribution < -0.4 is 20.5 Å². The van der Waals surface area contributed by atoms with Crippen molar-refractivity contribution in [1.82, 2.24) is 15.1 Å². The van der Waals surface area contributed by atoms with E-state index in [9.17, 15) is 0 Å². The largest absolute Gasteiger partial charge is 0.486 e. The van der Waals surface area contributed by atoms with Crippen molar-refractivity contribution in [2.75, 3.05) is 53.0 Å². The number of nitrogens with one attached hydrogen (secondary N) is 1. The third kappa shape index (κ3) is 7.58. The molecular formula is C28H41ClN4O2. The van der Waals surface area contributed by atoms with Crippen molar-refractivity contribution in [3.05, 3.63) is 58.6 Å². The van der Waals surface area contributed by atoms with Crippen molar-refractivity contribution in [1.29, 1.82) is 0 Å². The molecule has 5 rings (SSSR count). The minimum atomic E-state index is 0.363. The zero-order valence-electron chi connectivity index (χ0n) is 21.1. The van der Waals surface area contributed by atoms with Gasteiger partial charge in [-0.15, -0.1) is 0 Å². The minimum absolute atomic E-state index is 0.363. The molecule has 3 aliphatic rings. The molecule has 35 heavy (non-hydrogen) atoms. The maximum Gasteiger partial charge on any atom is 0.161 e. The van der Waals surface area contributed by atoms with Crippen LogP contribution in [0.4, 0.5) is 0 Å². The predicted octanol–water partition coefficient (Wildman–Crippen LogP) is 3.95. The Kier molecular flexibility index (Phi) is 10.1. The fourth-order valence-corrected chi connectivity index (χ4v) is 5.58. The molecule has 3 heterocycles. The van der Waals surface area contributed by atoms with Crippen LogP contribution in [0.15, 0.2) is 42.5 Å². The number of hydrogen-bond donors (Lipinski definition) is 2. The molecule has 0 aromatic heterocycles. The van der Waals surface area contributed by atoms with Crippen molar-refractivity contribution in [3.63, 3.8) is 0 Å². The maximum atomic E-state index is 6.09. The number of hydrogen-bond acceptors (Lipinski definition) is 6. The molecule has 6 nitrogen and oxygen atoms in total. The molecule has 7 heteroatoms. The number of benzene rings is 2. The van der Waals surface area contributed by atoms with Gasteiger partial charge < -0.3 is 25.4 Å². The second-order valence-corrected chi connectivity index (χ2v) is 10.1. The second kappa shape index (κ2) is 13.5. The second-order valence-electron chi connectivity index (χ2n) is 9.69. The van der Waals surface area contributed by atoms with Crippen LogP contribution in [0, 0.1) is 0 Å². The summed E-state index contributed by atoms with van der Waals surface area (Å²) in [5.41, 5.74) is 7.06. The Morgan fingerprint density at radius 3 is 2.43 bits per heavy atom. The molecule has 2 saturated heterocycles. The van der Waals surface area contributed by atoms with Crippen molar-refractivity contribution in [2.24, 2.45) is 5.73 Å². The highest BCUT2D eigenvalue weighted by molar-refractivity contribution is 6.30. The van der Waals surface area contributed by atoms with Crippen molar-refractivity contribution < 1.29 is 9.47 Å². The number of nitrogens with two attached hydrogens (primary N) is 1. The monoisotopic (exact) mass is 500 g/mol. The van der Waals surface area contributed by atoms with Gasteiger partial charge >= 0.3 is 0 Å². The van der Waals surface area contributed by atoms with E-state index < -0.39 is 0 Å². The summed E-state index contributed by atoms with van der Waals surface area (Å²) in [7, 11) is 1.50. The van der Waals surface area contributed by atoms with Crippen molar-refractivity contribution in [3.8, 4) is 11.5 Å². The molecule has 0 spiro atoms. The van der Waals surface area contributed by atoms with E-state index in [2.05, 4.69) is 51.2 Å². The molecule has 0 bridgehead atoms. The standard InChI is InChI=1S/C27H36ClN3O2.CH5N/c28-23-8-5-21(6-9-23)18-29-24(16-22-7-10-26-27(17-22)33-15-14-32-26)19-31-13-3-4-25(31)20-30-11-1-2-12-30;1-2/h5-10,17,24-25,29H,1-4,11-16,18-20H2;2H2,1H3. The lowest BCUT2D eigenvalue weighted by Gasteiger charge is -2.32. The lowest BCUT2D eigenvalue weighted by atomic mass is 10.0. The van der Waals surface area contributed by atoms with E-state index >= 15 is 0 Å². The van der Waals surface area contributed by atoms with Gasteiger partial charge in [-0.1, -0.05) is 29.8 Å². The summed E-state index contributed by atoms with van der Waals surface area (Å²) in [4.78, 5) is 5.40. The molecule has 2 aromatic carbocycles. The molecule has 192 valence electrons. The first kappa shape index (κ1) is 26.2. The Morgan fingerprint density at radius 2 is 1.66 bits per heavy atom. The van der Waals surface area contributed by atoms with E-state index in [0.717, 1.165) is 36.0 Å². The quantitative estimate of drug-likeness (QED) is 0.543. The number of nitrogens with zero attached hydrogens (tertiary/aromatic N) is 2. The highest BCUT2D eigenvalue weighted by Crippen LogP contribution is 2.31. The summed E-state index contributed by atoms with van der Waals surface area (Å²) in [5, 5.41) is 4.64. The van der Waals surface area contributed by atoms with E-state index in [4.69, 9.17) is 21.1 Å². The van der Waals surface area contributed by atoms with Crippen LogP contribution in [0.2, 0.25) is 5.02 Å². The Bertz CT molecular complexity index is 904. The van der Waals surface area contributed by atoms with Gasteiger partial charge in [-0.25, -0.2) is 0 Å². The fourth-order valence-electron chi connectivity index (χ4n) is 5.45. The zero-order chi connectivity index (χ0) is 24.5. The van der Waals surface area contributed by atoms with E-state index in [0.29, 0.717) is 25.3 Å². The third-order valence-corrected chi connectivity index (χ3v) is 7.47. The first-order chi connectivity index (χ1) is 17.2. The molecule has 3 N–H and O–H groups in total. The predicted molar refractivity (Wildman–Crippen MR) is 144 cm³/mol. The van der Waals surface area contributed by atoms with Gasteiger partial charge in [0, 0.05) is 36.7 Å². The van der Waals surface area contributed by atoms with Gasteiger partial charge in [-0.05, 0) is 94.2 Å². The van der Waals surface area contributed by atoms with Crippen LogP contribution in [-0.4, -0.2) is 74.9 Å². The highest BCUT2D eigenvalue weighted by Gasteiger charge is 2.29. The molecule has 2 aromatic rings. The number of ether oxygens (including phenoxy) is 2. The molecule has 0 amide bonds. The van der Waals surface area contributed by atoms with Gasteiger partial charge in [0.25, 0.3) is 0 Å². The van der Waals surface area contributed by atoms with Gasteiger partial charge in [-0.2, -0.15) is 0 Å². The lowest BCUT2D eigenvalue weighted by Crippen LogP contribution is -2.47. The topological polar surface area (TPSA) is 63.0 Å². The maximum absolute atomic E-state index is 6.09. The normalized spacial score (nSPS) is 20.9. The van der Waals surface area contributed by atoms with E-state index in [-0.39, 0.29) is 0 Å². The SMILES string of the molecule is CN.Clc1ccc(CNC(Cc2ccc3c(c2)OCCO3)CN2CCCC2CN2CCCC2)cc1. The number of halogens is 1. The summed E-state index contributed by atoms with van der Waals surface area (Å²) in [6, 6.07) is 15.6. The summed E-state index contributed by atoms with van der Waals surface area (Å²) in [6.07, 6.45) is 6.33. The average molecular weight is 501 g/mol. The molecule has 2 atom stereocenters. The van der Waals surface area contributed by atoms with Crippen LogP contribution in [0.1, 0.15) is 36.8 Å². The van der Waals surface area contributed by atoms with Crippen molar-refractivity contribution >= 4 is 11.6 Å². The van der Waals surface area contributed by atoms with Gasteiger partial charge in [0.1, 0.15) is 13.2 Å². The van der Waals surface area contributed by atoms with Gasteiger partial charge in [0.05, 0.1) is 0 Å². The Morgan fingerprint density at radius 1 is 0.943 bits per heavy atom. The molecule has 3 aliphatic heterocycles. The summed E-state index contributed by atoms with van der Waals surface area (Å²) >= 11 is 6.09. The third-order valence-electron chi connectivity index (χ3n) is 7.22. The molecular weight excluding hydrogens is 460 g/mol. The minimum Gasteiger partial charge on any atom is -0.486 e. The highest BCUT2D eigenvalue weighted by atomic mass is 35.5. The number of fused-ring (bicyclic) bond motifs is 1. The van der Waals surface area contributed by atoms with E-state index in [1.165, 1.54) is 70.0 Å². The van der Waals surface area contributed by atoms with Gasteiger partial charge in [-0.3, -0.25) is 4.90 Å². The summed E-state index contributed by atoms with van der Waals surface area (Å²) in [6.45, 7) is 8.16. The number of likely N-dealkylation sites (tertiary alicyclic amines) is 2. The Hall–Kier alpha value is -1.83. The first-order valence-corrected chi connectivity index (χ1v) is 13.5. The van der Waals surface area contributed by atoms with Gasteiger partial charge in [0.2, 0.25) is 0 Å². The summed E-state index contributed by atoms with van der Waals surface area (Å²) in [5.74, 6) is 1.74. The molecule has 0 radical (unpaired) electrons. The summed E-state index contributed by atoms with van der Waals surface area (Å²) < 4.78 is 11.6. The van der Waals surface area contributed by atoms with Crippen LogP contribution >= 0.6 is 11.6 Å². The number of rotatable bonds is 9. The van der Waals surface area contributed by atoms with Crippen LogP contribution in [0.25, 0.3) is 0 Å². The molecule has 0 saturated carbocycles. The van der Waals surface area contributed by atoms with Crippen LogP contribution in [0.3, 0.4) is 0 Å². The molecule has 2 fully saturated rings.